The van der Waals surface area contributed by atoms with E-state index >= 15 is 0 Å². The average Bonchev–Trinajstić information content (AvgIpc) is 3.13. The summed E-state index contributed by atoms with van der Waals surface area (Å²) >= 11 is 7.97. The molecule has 2 aliphatic heterocycles. The zero-order valence-corrected chi connectivity index (χ0v) is 14.4. The van der Waals surface area contributed by atoms with Crippen LogP contribution >= 0.6 is 25.3 Å². The molecule has 2 rings (SSSR count). The summed E-state index contributed by atoms with van der Waals surface area (Å²) in [6, 6.07) is -1.33. The number of rotatable bonds is 6. The molecule has 2 saturated heterocycles. The zero-order valence-electron chi connectivity index (χ0n) is 12.7. The molecule has 0 aliphatic carbocycles. The number of nitrogens with zero attached hydrogens (tertiary/aromatic N) is 1. The molecule has 2 aliphatic rings. The molecule has 130 valence electrons. The van der Waals surface area contributed by atoms with Gasteiger partial charge in [0.2, 0.25) is 23.6 Å². The topological polar surface area (TPSA) is 132 Å². The fourth-order valence-corrected chi connectivity index (χ4v) is 2.55. The normalized spacial score (nSPS) is 20.0. The molecular formula is C13H22N4O4S2. The van der Waals surface area contributed by atoms with Crippen molar-refractivity contribution in [3.05, 3.63) is 0 Å². The number of nitrogens with two attached hydrogens (primary N) is 1. The second-order valence-electron chi connectivity index (χ2n) is 5.14. The minimum Gasteiger partial charge on any atom is -0.368 e. The van der Waals surface area contributed by atoms with Crippen molar-refractivity contribution in [2.45, 2.75) is 31.3 Å². The Morgan fingerprint density at radius 2 is 2.00 bits per heavy atom. The van der Waals surface area contributed by atoms with Gasteiger partial charge in [0.15, 0.2) is 0 Å². The molecule has 2 atom stereocenters. The minimum absolute atomic E-state index is 0.0888. The molecule has 10 heteroatoms. The Balaban J connectivity index is 0.000000570. The van der Waals surface area contributed by atoms with Crippen LogP contribution in [0.3, 0.4) is 0 Å². The van der Waals surface area contributed by atoms with Crippen molar-refractivity contribution in [2.75, 3.05) is 24.6 Å². The van der Waals surface area contributed by atoms with E-state index in [0.29, 0.717) is 31.7 Å². The molecule has 23 heavy (non-hydrogen) atoms. The highest BCUT2D eigenvalue weighted by molar-refractivity contribution is 7.80. The Hall–Kier alpha value is -1.42. The second-order valence-corrected chi connectivity index (χ2v) is 5.95. The lowest BCUT2D eigenvalue weighted by molar-refractivity contribution is -0.138. The van der Waals surface area contributed by atoms with Gasteiger partial charge in [0, 0.05) is 18.7 Å². The molecule has 0 bridgehead atoms. The molecule has 0 saturated carbocycles. The van der Waals surface area contributed by atoms with Crippen LogP contribution in [0.4, 0.5) is 0 Å². The summed E-state index contributed by atoms with van der Waals surface area (Å²) in [4.78, 5) is 46.0. The van der Waals surface area contributed by atoms with Gasteiger partial charge in [-0.2, -0.15) is 25.3 Å². The van der Waals surface area contributed by atoms with Gasteiger partial charge in [-0.05, 0) is 18.6 Å². The maximum atomic E-state index is 12.1. The molecule has 2 fully saturated rings. The molecule has 2 unspecified atom stereocenters. The SMILES string of the molecule is NC(=O)C(CS)NC(=O)C1CCCN1C(=O)CCS.O=C1CN1. The summed E-state index contributed by atoms with van der Waals surface area (Å²) in [6.07, 6.45) is 1.68. The Morgan fingerprint density at radius 1 is 1.39 bits per heavy atom. The zero-order chi connectivity index (χ0) is 17.4. The molecule has 0 aromatic carbocycles. The highest BCUT2D eigenvalue weighted by Crippen LogP contribution is 2.18. The fourth-order valence-electron chi connectivity index (χ4n) is 2.09. The van der Waals surface area contributed by atoms with Crippen LogP contribution in [-0.2, 0) is 19.2 Å². The van der Waals surface area contributed by atoms with Crippen molar-refractivity contribution < 1.29 is 19.2 Å². The van der Waals surface area contributed by atoms with Crippen LogP contribution in [-0.4, -0.2) is 65.2 Å². The van der Waals surface area contributed by atoms with Gasteiger partial charge in [0.1, 0.15) is 12.1 Å². The summed E-state index contributed by atoms with van der Waals surface area (Å²) in [7, 11) is 0. The Morgan fingerprint density at radius 3 is 2.43 bits per heavy atom. The van der Waals surface area contributed by atoms with Crippen molar-refractivity contribution in [3.8, 4) is 0 Å². The summed E-state index contributed by atoms with van der Waals surface area (Å²) in [6.45, 7) is 1.16. The van der Waals surface area contributed by atoms with E-state index in [-0.39, 0.29) is 23.5 Å². The number of amides is 4. The lowest BCUT2D eigenvalue weighted by Gasteiger charge is -2.25. The third-order valence-corrected chi connectivity index (χ3v) is 3.95. The number of carbonyl (C=O) groups is 4. The molecule has 2 heterocycles. The predicted octanol–water partition coefficient (Wildman–Crippen LogP) is -1.69. The molecule has 4 amide bonds. The van der Waals surface area contributed by atoms with Crippen LogP contribution < -0.4 is 16.4 Å². The molecule has 0 aromatic heterocycles. The number of hydrogen-bond donors (Lipinski definition) is 5. The summed E-state index contributed by atoms with van der Waals surface area (Å²) in [5, 5.41) is 4.99. The summed E-state index contributed by atoms with van der Waals surface area (Å²) in [5.74, 6) is -0.311. The average molecular weight is 362 g/mol. The van der Waals surface area contributed by atoms with Gasteiger partial charge in [-0.1, -0.05) is 0 Å². The van der Waals surface area contributed by atoms with E-state index in [9.17, 15) is 19.2 Å². The van der Waals surface area contributed by atoms with E-state index in [1.165, 1.54) is 0 Å². The highest BCUT2D eigenvalue weighted by atomic mass is 32.1. The highest BCUT2D eigenvalue weighted by Gasteiger charge is 2.34. The standard InChI is InChI=1S/C11H19N3O3S2.C2H3NO/c12-10(16)7(6-19)13-11(17)8-2-1-4-14(8)9(15)3-5-18;4-2-1-3-2/h7-8,18-19H,1-6H2,(H2,12,16)(H,13,17);1H2,(H,3,4). The van der Waals surface area contributed by atoms with Crippen molar-refractivity contribution in [1.29, 1.82) is 0 Å². The van der Waals surface area contributed by atoms with Crippen LogP contribution in [0, 0.1) is 0 Å². The number of carbonyl (C=O) groups excluding carboxylic acids is 4. The second kappa shape index (κ2) is 9.66. The monoisotopic (exact) mass is 362 g/mol. The first-order valence-corrected chi connectivity index (χ1v) is 8.54. The van der Waals surface area contributed by atoms with Gasteiger partial charge in [-0.3, -0.25) is 19.2 Å². The number of hydrogen-bond acceptors (Lipinski definition) is 6. The van der Waals surface area contributed by atoms with Gasteiger partial charge < -0.3 is 21.3 Å². The van der Waals surface area contributed by atoms with Gasteiger partial charge in [0.05, 0.1) is 6.54 Å². The van der Waals surface area contributed by atoms with Crippen LogP contribution in [0.1, 0.15) is 19.3 Å². The first kappa shape index (κ1) is 19.6. The molecular weight excluding hydrogens is 340 g/mol. The van der Waals surface area contributed by atoms with Crippen molar-refractivity contribution in [2.24, 2.45) is 5.73 Å². The van der Waals surface area contributed by atoms with E-state index in [2.05, 4.69) is 35.9 Å². The van der Waals surface area contributed by atoms with Gasteiger partial charge >= 0.3 is 0 Å². The van der Waals surface area contributed by atoms with E-state index in [1.54, 1.807) is 4.90 Å². The van der Waals surface area contributed by atoms with Crippen molar-refractivity contribution in [3.63, 3.8) is 0 Å². The molecule has 0 spiro atoms. The lowest BCUT2D eigenvalue weighted by atomic mass is 10.2. The van der Waals surface area contributed by atoms with Crippen LogP contribution in [0.5, 0.6) is 0 Å². The van der Waals surface area contributed by atoms with E-state index in [4.69, 9.17) is 5.73 Å². The molecule has 0 aromatic rings. The third kappa shape index (κ3) is 6.69. The van der Waals surface area contributed by atoms with Crippen LogP contribution in [0.25, 0.3) is 0 Å². The van der Waals surface area contributed by atoms with Gasteiger partial charge in [-0.25, -0.2) is 0 Å². The predicted molar refractivity (Wildman–Crippen MR) is 91.2 cm³/mol. The van der Waals surface area contributed by atoms with E-state index in [1.807, 2.05) is 0 Å². The largest absolute Gasteiger partial charge is 0.368 e. The molecule has 0 radical (unpaired) electrons. The molecule has 8 nitrogen and oxygen atoms in total. The van der Waals surface area contributed by atoms with Gasteiger partial charge in [0.25, 0.3) is 0 Å². The smallest absolute Gasteiger partial charge is 0.243 e. The minimum atomic E-state index is -0.807. The first-order chi connectivity index (χ1) is 10.9. The van der Waals surface area contributed by atoms with E-state index < -0.39 is 18.0 Å². The first-order valence-electron chi connectivity index (χ1n) is 7.28. The van der Waals surface area contributed by atoms with Crippen molar-refractivity contribution >= 4 is 48.9 Å². The number of nitrogens with one attached hydrogen (secondary N) is 2. The number of thiol groups is 2. The van der Waals surface area contributed by atoms with E-state index in [0.717, 1.165) is 6.42 Å². The van der Waals surface area contributed by atoms with Crippen molar-refractivity contribution in [1.82, 2.24) is 15.5 Å². The third-order valence-electron chi connectivity index (χ3n) is 3.37. The number of likely N-dealkylation sites (tertiary alicyclic amines) is 1. The summed E-state index contributed by atoms with van der Waals surface area (Å²) < 4.78 is 0. The van der Waals surface area contributed by atoms with Crippen LogP contribution in [0.15, 0.2) is 0 Å². The lowest BCUT2D eigenvalue weighted by Crippen LogP contribution is -2.53. The fraction of sp³-hybridized carbons (Fsp3) is 0.692. The molecule has 4 N–H and O–H groups in total. The van der Waals surface area contributed by atoms with Crippen LogP contribution in [0.2, 0.25) is 0 Å². The Kier molecular flexibility index (Phi) is 8.24. The maximum absolute atomic E-state index is 12.1. The summed E-state index contributed by atoms with van der Waals surface area (Å²) in [5.41, 5.74) is 5.14. The Bertz CT molecular complexity index is 469. The Labute approximate surface area is 145 Å². The maximum Gasteiger partial charge on any atom is 0.243 e. The van der Waals surface area contributed by atoms with Gasteiger partial charge in [-0.15, -0.1) is 0 Å². The quantitative estimate of drug-likeness (QED) is 0.285. The number of primary amides is 1.